The largest absolute Gasteiger partial charge is 0.501 e. The highest BCUT2D eigenvalue weighted by atomic mass is 35.5. The predicted octanol–water partition coefficient (Wildman–Crippen LogP) is 3.80. The summed E-state index contributed by atoms with van der Waals surface area (Å²) in [5.41, 5.74) is 6.65. The van der Waals surface area contributed by atoms with Crippen LogP contribution in [0.1, 0.15) is 5.56 Å². The van der Waals surface area contributed by atoms with Crippen LogP contribution in [0.15, 0.2) is 59.0 Å². The van der Waals surface area contributed by atoms with E-state index in [1.807, 2.05) is 0 Å². The zero-order chi connectivity index (χ0) is 18.0. The van der Waals surface area contributed by atoms with Crippen molar-refractivity contribution in [3.8, 4) is 22.8 Å². The smallest absolute Gasteiger partial charge is 0.313 e. The van der Waals surface area contributed by atoms with Gasteiger partial charge in [0.25, 0.3) is 0 Å². The number of aromatic hydroxyl groups is 1. The standard InChI is InChI=1S/C17H14ClNO5S/c18-13-8-4-7-12(9-13)15-14(20)16(17(19)23-15)24-25(21,22)10-11-5-2-1-3-6-11/h1-9,20H,10,19H2. The van der Waals surface area contributed by atoms with E-state index in [-0.39, 0.29) is 17.4 Å². The lowest BCUT2D eigenvalue weighted by molar-refractivity contribution is 0.432. The summed E-state index contributed by atoms with van der Waals surface area (Å²) in [5, 5.41) is 10.7. The van der Waals surface area contributed by atoms with Crippen molar-refractivity contribution in [3.63, 3.8) is 0 Å². The van der Waals surface area contributed by atoms with E-state index >= 15 is 0 Å². The maximum Gasteiger partial charge on any atom is 0.313 e. The first-order chi connectivity index (χ1) is 11.9. The van der Waals surface area contributed by atoms with Crippen LogP contribution in [0.4, 0.5) is 5.88 Å². The molecule has 0 fully saturated rings. The van der Waals surface area contributed by atoms with Gasteiger partial charge in [-0.3, -0.25) is 0 Å². The third-order valence-electron chi connectivity index (χ3n) is 3.35. The topological polar surface area (TPSA) is 103 Å². The summed E-state index contributed by atoms with van der Waals surface area (Å²) in [6.45, 7) is 0. The van der Waals surface area contributed by atoms with Gasteiger partial charge in [-0.25, -0.2) is 0 Å². The maximum atomic E-state index is 12.2. The predicted molar refractivity (Wildman–Crippen MR) is 94.9 cm³/mol. The van der Waals surface area contributed by atoms with E-state index < -0.39 is 21.6 Å². The second-order valence-electron chi connectivity index (χ2n) is 5.25. The number of hydrogen-bond acceptors (Lipinski definition) is 6. The molecule has 25 heavy (non-hydrogen) atoms. The van der Waals surface area contributed by atoms with E-state index in [0.717, 1.165) is 0 Å². The fourth-order valence-corrected chi connectivity index (χ4v) is 3.53. The van der Waals surface area contributed by atoms with Crippen molar-refractivity contribution in [2.75, 3.05) is 5.73 Å². The van der Waals surface area contributed by atoms with Gasteiger partial charge < -0.3 is 19.4 Å². The molecule has 130 valence electrons. The lowest BCUT2D eigenvalue weighted by atomic mass is 10.1. The van der Waals surface area contributed by atoms with Crippen LogP contribution < -0.4 is 9.92 Å². The lowest BCUT2D eigenvalue weighted by Crippen LogP contribution is -2.12. The SMILES string of the molecule is Nc1oc(-c2cccc(Cl)c2)c(O)c1OS(=O)(=O)Cc1ccccc1. The second kappa shape index (κ2) is 6.70. The number of nitrogens with two attached hydrogens (primary N) is 1. The summed E-state index contributed by atoms with van der Waals surface area (Å²) < 4.78 is 34.7. The van der Waals surface area contributed by atoms with Crippen LogP contribution in [-0.4, -0.2) is 13.5 Å². The Morgan fingerprint density at radius 2 is 1.84 bits per heavy atom. The van der Waals surface area contributed by atoms with E-state index in [4.69, 9.17) is 25.9 Å². The third-order valence-corrected chi connectivity index (χ3v) is 4.69. The highest BCUT2D eigenvalue weighted by Gasteiger charge is 2.26. The molecule has 8 heteroatoms. The molecule has 6 nitrogen and oxygen atoms in total. The van der Waals surface area contributed by atoms with E-state index in [2.05, 4.69) is 0 Å². The van der Waals surface area contributed by atoms with Gasteiger partial charge >= 0.3 is 10.1 Å². The third kappa shape index (κ3) is 3.89. The first kappa shape index (κ1) is 17.2. The zero-order valence-corrected chi connectivity index (χ0v) is 14.4. The van der Waals surface area contributed by atoms with E-state index in [1.165, 1.54) is 0 Å². The van der Waals surface area contributed by atoms with Crippen LogP contribution in [0.25, 0.3) is 11.3 Å². The van der Waals surface area contributed by atoms with Crippen LogP contribution in [-0.2, 0) is 15.9 Å². The van der Waals surface area contributed by atoms with Gasteiger partial charge in [-0.15, -0.1) is 0 Å². The number of furan rings is 1. The van der Waals surface area contributed by atoms with Crippen molar-refractivity contribution in [1.29, 1.82) is 0 Å². The monoisotopic (exact) mass is 379 g/mol. The van der Waals surface area contributed by atoms with E-state index in [9.17, 15) is 13.5 Å². The molecule has 0 atom stereocenters. The fourth-order valence-electron chi connectivity index (χ4n) is 2.27. The van der Waals surface area contributed by atoms with Gasteiger partial charge in [0.15, 0.2) is 5.76 Å². The van der Waals surface area contributed by atoms with Crippen LogP contribution in [0.2, 0.25) is 5.02 Å². The molecule has 2 aromatic carbocycles. The van der Waals surface area contributed by atoms with Crippen molar-refractivity contribution in [2.24, 2.45) is 0 Å². The molecule has 0 unspecified atom stereocenters. The summed E-state index contributed by atoms with van der Waals surface area (Å²) in [6, 6.07) is 15.0. The number of anilines is 1. The minimum Gasteiger partial charge on any atom is -0.501 e. The van der Waals surface area contributed by atoms with Crippen molar-refractivity contribution < 1.29 is 22.1 Å². The molecule has 3 rings (SSSR count). The number of nitrogen functional groups attached to an aromatic ring is 1. The Bertz CT molecular complexity index is 999. The Balaban J connectivity index is 1.91. The molecule has 0 spiro atoms. The Kier molecular flexibility index (Phi) is 4.61. The summed E-state index contributed by atoms with van der Waals surface area (Å²) in [7, 11) is -4.04. The zero-order valence-electron chi connectivity index (χ0n) is 12.8. The molecule has 3 aromatic rings. The van der Waals surface area contributed by atoms with Gasteiger partial charge in [-0.1, -0.05) is 54.1 Å². The van der Waals surface area contributed by atoms with Gasteiger partial charge in [0.05, 0.1) is 0 Å². The van der Waals surface area contributed by atoms with Crippen LogP contribution in [0.3, 0.4) is 0 Å². The molecule has 0 aliphatic carbocycles. The molecule has 1 heterocycles. The summed E-state index contributed by atoms with van der Waals surface area (Å²) >= 11 is 5.91. The average Bonchev–Trinajstić information content (AvgIpc) is 2.83. The first-order valence-electron chi connectivity index (χ1n) is 7.19. The number of benzene rings is 2. The Hall–Kier alpha value is -2.64. The molecule has 0 saturated carbocycles. The van der Waals surface area contributed by atoms with Crippen LogP contribution >= 0.6 is 11.6 Å². The first-order valence-corrected chi connectivity index (χ1v) is 9.14. The van der Waals surface area contributed by atoms with Crippen LogP contribution in [0, 0.1) is 0 Å². The van der Waals surface area contributed by atoms with E-state index in [0.29, 0.717) is 16.1 Å². The molecule has 0 saturated heterocycles. The van der Waals surface area contributed by atoms with Crippen molar-refractivity contribution in [1.82, 2.24) is 0 Å². The quantitative estimate of drug-likeness (QED) is 0.653. The van der Waals surface area contributed by atoms with Crippen molar-refractivity contribution in [3.05, 3.63) is 65.2 Å². The molecular weight excluding hydrogens is 366 g/mol. The number of rotatable bonds is 5. The van der Waals surface area contributed by atoms with Crippen molar-refractivity contribution in [2.45, 2.75) is 5.75 Å². The summed E-state index contributed by atoms with van der Waals surface area (Å²) in [6.07, 6.45) is 0. The van der Waals surface area contributed by atoms with E-state index in [1.54, 1.807) is 54.6 Å². The van der Waals surface area contributed by atoms with Gasteiger partial charge in [-0.2, -0.15) is 8.42 Å². The minimum atomic E-state index is -4.04. The fraction of sp³-hybridized carbons (Fsp3) is 0.0588. The molecule has 1 aromatic heterocycles. The highest BCUT2D eigenvalue weighted by Crippen LogP contribution is 2.45. The summed E-state index contributed by atoms with van der Waals surface area (Å²) in [5.74, 6) is -1.68. The maximum absolute atomic E-state index is 12.2. The summed E-state index contributed by atoms with van der Waals surface area (Å²) in [4.78, 5) is 0. The van der Waals surface area contributed by atoms with Gasteiger partial charge in [0, 0.05) is 10.6 Å². The number of hydrogen-bond donors (Lipinski definition) is 2. The van der Waals surface area contributed by atoms with Crippen molar-refractivity contribution >= 4 is 27.6 Å². The van der Waals surface area contributed by atoms with Gasteiger partial charge in [0.1, 0.15) is 5.75 Å². The van der Waals surface area contributed by atoms with Gasteiger partial charge in [-0.05, 0) is 17.7 Å². The lowest BCUT2D eigenvalue weighted by Gasteiger charge is -2.06. The Morgan fingerprint density at radius 1 is 1.12 bits per heavy atom. The molecule has 0 aliphatic rings. The van der Waals surface area contributed by atoms with Crippen LogP contribution in [0.5, 0.6) is 11.5 Å². The average molecular weight is 380 g/mol. The minimum absolute atomic E-state index is 0.0232. The molecule has 0 radical (unpaired) electrons. The molecule has 3 N–H and O–H groups in total. The molecule has 0 aliphatic heterocycles. The second-order valence-corrected chi connectivity index (χ2v) is 7.26. The van der Waals surface area contributed by atoms with Gasteiger partial charge in [0.2, 0.25) is 17.4 Å². The highest BCUT2D eigenvalue weighted by molar-refractivity contribution is 7.86. The molecule has 0 amide bonds. The molecule has 0 bridgehead atoms. The normalized spacial score (nSPS) is 11.4. The Labute approximate surface area is 149 Å². The molecular formula is C17H14ClNO5S. The number of halogens is 1. The Morgan fingerprint density at radius 3 is 2.52 bits per heavy atom.